The lowest BCUT2D eigenvalue weighted by Crippen LogP contribution is -2.04. The number of H-pyrrole nitrogens is 2. The molecule has 1 aromatic heterocycles. The molecule has 1 heterocycles. The molecule has 0 bridgehead atoms. The second-order valence-electron chi connectivity index (χ2n) is 4.72. The predicted octanol–water partition coefficient (Wildman–Crippen LogP) is 3.81. The van der Waals surface area contributed by atoms with Gasteiger partial charge in [-0.2, -0.15) is 0 Å². The number of carbonyl (C=O) groups excluding carboxylic acids is 1. The average molecular weight is 366 g/mol. The molecule has 4 nitrogen and oxygen atoms in total. The number of halogens is 2. The summed E-state index contributed by atoms with van der Waals surface area (Å²) in [5.41, 5.74) is 2.64. The zero-order valence-electron chi connectivity index (χ0n) is 11.0. The number of hydrogen-bond acceptors (Lipinski definition) is 2. The van der Waals surface area contributed by atoms with Gasteiger partial charge in [0.05, 0.1) is 16.1 Å². The van der Waals surface area contributed by atoms with Gasteiger partial charge >= 0.3 is 5.69 Å². The minimum absolute atomic E-state index is 0.195. The minimum atomic E-state index is -0.310. The lowest BCUT2D eigenvalue weighted by Gasteiger charge is -2.08. The molecule has 2 N–H and O–H groups in total. The summed E-state index contributed by atoms with van der Waals surface area (Å²) in [7, 11) is 0. The molecule has 3 aromatic rings. The van der Waals surface area contributed by atoms with Crippen molar-refractivity contribution in [2.24, 2.45) is 0 Å². The van der Waals surface area contributed by atoms with E-state index in [1.807, 2.05) is 13.0 Å². The maximum atomic E-state index is 12.7. The normalized spacial score (nSPS) is 11.0. The maximum Gasteiger partial charge on any atom is 0.323 e. The third-order valence-electron chi connectivity index (χ3n) is 3.28. The fourth-order valence-electron chi connectivity index (χ4n) is 2.20. The third-order valence-corrected chi connectivity index (χ3v) is 4.44. The number of hydrogen-bond donors (Lipinski definition) is 2. The number of benzene rings is 2. The zero-order valence-corrected chi connectivity index (χ0v) is 13.3. The van der Waals surface area contributed by atoms with Crippen LogP contribution >= 0.6 is 27.5 Å². The number of rotatable bonds is 2. The zero-order chi connectivity index (χ0) is 15.1. The molecule has 0 atom stereocenters. The number of aromatic amines is 2. The molecule has 0 spiro atoms. The molecule has 0 fully saturated rings. The highest BCUT2D eigenvalue weighted by Gasteiger charge is 2.18. The molecule has 6 heteroatoms. The first-order valence-corrected chi connectivity index (χ1v) is 7.36. The van der Waals surface area contributed by atoms with E-state index in [4.69, 9.17) is 11.6 Å². The van der Waals surface area contributed by atoms with Crippen LogP contribution in [0.25, 0.3) is 11.0 Å². The van der Waals surface area contributed by atoms with E-state index in [0.717, 1.165) is 5.56 Å². The molecule has 0 aliphatic heterocycles. The van der Waals surface area contributed by atoms with Gasteiger partial charge in [-0.1, -0.05) is 23.7 Å². The molecule has 0 radical (unpaired) electrons. The number of carbonyl (C=O) groups is 1. The van der Waals surface area contributed by atoms with Gasteiger partial charge in [0.1, 0.15) is 0 Å². The number of fused-ring (bicyclic) bond motifs is 1. The molecule has 0 aliphatic carbocycles. The topological polar surface area (TPSA) is 65.7 Å². The van der Waals surface area contributed by atoms with Crippen LogP contribution in [-0.4, -0.2) is 15.8 Å². The Bertz CT molecular complexity index is 927. The summed E-state index contributed by atoms with van der Waals surface area (Å²) in [4.78, 5) is 29.3. The Hall–Kier alpha value is -1.85. The van der Waals surface area contributed by atoms with Crippen molar-refractivity contribution in [1.82, 2.24) is 9.97 Å². The quantitative estimate of drug-likeness (QED) is 0.678. The highest BCUT2D eigenvalue weighted by molar-refractivity contribution is 9.10. The number of ketones is 1. The number of aromatic nitrogens is 2. The van der Waals surface area contributed by atoms with Crippen LogP contribution in [0.2, 0.25) is 5.02 Å². The molecule has 21 heavy (non-hydrogen) atoms. The van der Waals surface area contributed by atoms with Gasteiger partial charge in [0.25, 0.3) is 0 Å². The molecule has 2 aromatic carbocycles. The number of nitrogens with one attached hydrogen (secondary N) is 2. The van der Waals surface area contributed by atoms with Gasteiger partial charge in [0.2, 0.25) is 0 Å². The fourth-order valence-corrected chi connectivity index (χ4v) is 2.93. The molecule has 0 saturated carbocycles. The van der Waals surface area contributed by atoms with Crippen molar-refractivity contribution in [2.45, 2.75) is 6.92 Å². The molecular weight excluding hydrogens is 356 g/mol. The molecule has 0 aliphatic rings. The Kier molecular flexibility index (Phi) is 3.47. The molecule has 3 rings (SSSR count). The molecular formula is C15H10BrClN2O2. The van der Waals surface area contributed by atoms with Gasteiger partial charge in [-0.3, -0.25) is 4.79 Å². The average Bonchev–Trinajstić information content (AvgIpc) is 2.79. The Morgan fingerprint density at radius 2 is 1.81 bits per heavy atom. The highest BCUT2D eigenvalue weighted by Crippen LogP contribution is 2.28. The summed E-state index contributed by atoms with van der Waals surface area (Å²) in [5.74, 6) is -0.195. The largest absolute Gasteiger partial charge is 0.323 e. The van der Waals surface area contributed by atoms with E-state index in [9.17, 15) is 9.59 Å². The second kappa shape index (κ2) is 5.16. The van der Waals surface area contributed by atoms with E-state index in [1.54, 1.807) is 24.3 Å². The smallest absolute Gasteiger partial charge is 0.306 e. The molecule has 0 amide bonds. The van der Waals surface area contributed by atoms with Crippen molar-refractivity contribution < 1.29 is 4.79 Å². The maximum absolute atomic E-state index is 12.7. The Labute approximate surface area is 133 Å². The van der Waals surface area contributed by atoms with Crippen molar-refractivity contribution in [1.29, 1.82) is 0 Å². The van der Waals surface area contributed by atoms with Gasteiger partial charge in [-0.05, 0) is 46.6 Å². The van der Waals surface area contributed by atoms with Gasteiger partial charge in [0.15, 0.2) is 5.78 Å². The lowest BCUT2D eigenvalue weighted by molar-refractivity contribution is 0.103. The fraction of sp³-hybridized carbons (Fsp3) is 0.0667. The van der Waals surface area contributed by atoms with Crippen molar-refractivity contribution >= 4 is 44.3 Å². The monoisotopic (exact) mass is 364 g/mol. The molecule has 0 saturated heterocycles. The van der Waals surface area contributed by atoms with Crippen LogP contribution in [0, 0.1) is 6.92 Å². The summed E-state index contributed by atoms with van der Waals surface area (Å²) in [6.07, 6.45) is 0. The van der Waals surface area contributed by atoms with Crippen LogP contribution in [0.3, 0.4) is 0 Å². The van der Waals surface area contributed by atoms with Gasteiger partial charge < -0.3 is 9.97 Å². The van der Waals surface area contributed by atoms with Crippen LogP contribution < -0.4 is 5.69 Å². The van der Waals surface area contributed by atoms with E-state index in [2.05, 4.69) is 25.9 Å². The van der Waals surface area contributed by atoms with Crippen molar-refractivity contribution in [3.63, 3.8) is 0 Å². The van der Waals surface area contributed by atoms with E-state index in [1.165, 1.54) is 0 Å². The standard InChI is InChI=1S/C15H10BrClN2O2/c1-7-3-2-4-8(13(7)17)14(20)9-5-11-12(6-10(9)16)19-15(21)18-11/h2-6H,1H3,(H2,18,19,21). The van der Waals surface area contributed by atoms with Gasteiger partial charge in [0, 0.05) is 15.6 Å². The van der Waals surface area contributed by atoms with Crippen LogP contribution in [0.4, 0.5) is 0 Å². The van der Waals surface area contributed by atoms with Crippen LogP contribution in [0.15, 0.2) is 39.6 Å². The van der Waals surface area contributed by atoms with Crippen LogP contribution in [0.1, 0.15) is 21.5 Å². The second-order valence-corrected chi connectivity index (χ2v) is 5.95. The summed E-state index contributed by atoms with van der Waals surface area (Å²) in [5, 5.41) is 0.442. The van der Waals surface area contributed by atoms with Gasteiger partial charge in [-0.15, -0.1) is 0 Å². The van der Waals surface area contributed by atoms with E-state index >= 15 is 0 Å². The predicted molar refractivity (Wildman–Crippen MR) is 86.2 cm³/mol. The Morgan fingerprint density at radius 1 is 1.14 bits per heavy atom. The van der Waals surface area contributed by atoms with Crippen LogP contribution in [-0.2, 0) is 0 Å². The van der Waals surface area contributed by atoms with Gasteiger partial charge in [-0.25, -0.2) is 4.79 Å². The minimum Gasteiger partial charge on any atom is -0.306 e. The Balaban J connectivity index is 2.19. The first-order valence-electron chi connectivity index (χ1n) is 6.18. The Morgan fingerprint density at radius 3 is 2.52 bits per heavy atom. The van der Waals surface area contributed by atoms with E-state index in [-0.39, 0.29) is 11.5 Å². The summed E-state index contributed by atoms with van der Waals surface area (Å²) >= 11 is 9.58. The third kappa shape index (κ3) is 2.43. The summed E-state index contributed by atoms with van der Waals surface area (Å²) < 4.78 is 0.604. The number of imidazole rings is 1. The SMILES string of the molecule is Cc1cccc(C(=O)c2cc3[nH]c(=O)[nH]c3cc2Br)c1Cl. The lowest BCUT2D eigenvalue weighted by atomic mass is 10.0. The summed E-state index contributed by atoms with van der Waals surface area (Å²) in [6.45, 7) is 1.85. The van der Waals surface area contributed by atoms with Crippen molar-refractivity contribution in [3.05, 3.63) is 67.0 Å². The molecule has 0 unspecified atom stereocenters. The first-order chi connectivity index (χ1) is 9.97. The van der Waals surface area contributed by atoms with Crippen LogP contribution in [0.5, 0.6) is 0 Å². The van der Waals surface area contributed by atoms with Crippen molar-refractivity contribution in [3.8, 4) is 0 Å². The van der Waals surface area contributed by atoms with E-state index in [0.29, 0.717) is 31.7 Å². The highest BCUT2D eigenvalue weighted by atomic mass is 79.9. The van der Waals surface area contributed by atoms with E-state index < -0.39 is 0 Å². The number of aryl methyl sites for hydroxylation is 1. The summed E-state index contributed by atoms with van der Waals surface area (Å²) in [6, 6.07) is 8.66. The molecule has 106 valence electrons. The first kappa shape index (κ1) is 14.1. The van der Waals surface area contributed by atoms with Crippen molar-refractivity contribution in [2.75, 3.05) is 0 Å².